The minimum atomic E-state index is -0.611. The van der Waals surface area contributed by atoms with E-state index in [0.717, 1.165) is 27.5 Å². The molecule has 2 aromatic rings. The molecule has 0 bridgehead atoms. The quantitative estimate of drug-likeness (QED) is 0.740. The molecule has 0 aromatic heterocycles. The molecule has 140 valence electrons. The van der Waals surface area contributed by atoms with Gasteiger partial charge in [-0.25, -0.2) is 0 Å². The number of amides is 1. The van der Waals surface area contributed by atoms with Gasteiger partial charge in [0.15, 0.2) is 6.10 Å². The van der Waals surface area contributed by atoms with Crippen molar-refractivity contribution < 1.29 is 14.3 Å². The fourth-order valence-electron chi connectivity index (χ4n) is 2.67. The van der Waals surface area contributed by atoms with Crippen LogP contribution in [0.3, 0.4) is 0 Å². The van der Waals surface area contributed by atoms with Crippen molar-refractivity contribution in [2.24, 2.45) is 0 Å². The van der Waals surface area contributed by atoms with E-state index in [1.807, 2.05) is 64.1 Å². The molecule has 26 heavy (non-hydrogen) atoms. The molecule has 5 heteroatoms. The lowest BCUT2D eigenvalue weighted by Crippen LogP contribution is -2.37. The average molecular weight is 376 g/mol. The fourth-order valence-corrected chi connectivity index (χ4v) is 2.77. The van der Waals surface area contributed by atoms with Gasteiger partial charge >= 0.3 is 0 Å². The second-order valence-electron chi connectivity index (χ2n) is 6.36. The van der Waals surface area contributed by atoms with E-state index in [9.17, 15) is 4.79 Å². The molecule has 0 unspecified atom stereocenters. The zero-order chi connectivity index (χ0) is 19.3. The third kappa shape index (κ3) is 5.15. The van der Waals surface area contributed by atoms with Crippen molar-refractivity contribution in [3.8, 4) is 11.5 Å². The van der Waals surface area contributed by atoms with Gasteiger partial charge in [0.25, 0.3) is 5.91 Å². The summed E-state index contributed by atoms with van der Waals surface area (Å²) in [5, 5.41) is 3.70. The number of ether oxygens (including phenoxy) is 2. The van der Waals surface area contributed by atoms with E-state index in [2.05, 4.69) is 5.32 Å². The van der Waals surface area contributed by atoms with Crippen LogP contribution < -0.4 is 14.8 Å². The topological polar surface area (TPSA) is 47.6 Å². The third-order valence-electron chi connectivity index (χ3n) is 4.14. The molecule has 2 aromatic carbocycles. The maximum atomic E-state index is 12.5. The van der Waals surface area contributed by atoms with Crippen LogP contribution in [0.4, 0.5) is 0 Å². The second-order valence-corrected chi connectivity index (χ2v) is 6.74. The Morgan fingerprint density at radius 1 is 1.08 bits per heavy atom. The number of carbonyl (C=O) groups excluding carboxylic acids is 1. The van der Waals surface area contributed by atoms with Crippen molar-refractivity contribution in [1.29, 1.82) is 0 Å². The van der Waals surface area contributed by atoms with Crippen LogP contribution in [0, 0.1) is 13.8 Å². The van der Waals surface area contributed by atoms with Crippen LogP contribution in [0.5, 0.6) is 11.5 Å². The van der Waals surface area contributed by atoms with Crippen LogP contribution in [0.1, 0.15) is 43.5 Å². The Bertz CT molecular complexity index is 735. The number of halogens is 1. The highest BCUT2D eigenvalue weighted by Gasteiger charge is 2.18. The van der Waals surface area contributed by atoms with Crippen LogP contribution in [0.15, 0.2) is 36.4 Å². The van der Waals surface area contributed by atoms with Crippen molar-refractivity contribution in [2.75, 3.05) is 6.61 Å². The van der Waals surface area contributed by atoms with E-state index in [4.69, 9.17) is 21.1 Å². The molecular weight excluding hydrogens is 350 g/mol. The Labute approximate surface area is 160 Å². The molecule has 2 atom stereocenters. The van der Waals surface area contributed by atoms with Crippen LogP contribution in [-0.2, 0) is 4.79 Å². The van der Waals surface area contributed by atoms with E-state index < -0.39 is 6.10 Å². The molecule has 1 N–H and O–H groups in total. The lowest BCUT2D eigenvalue weighted by atomic mass is 10.1. The first-order chi connectivity index (χ1) is 12.3. The summed E-state index contributed by atoms with van der Waals surface area (Å²) in [5.41, 5.74) is 2.86. The lowest BCUT2D eigenvalue weighted by molar-refractivity contribution is -0.127. The van der Waals surface area contributed by atoms with Gasteiger partial charge in [-0.15, -0.1) is 0 Å². The highest BCUT2D eigenvalue weighted by Crippen LogP contribution is 2.26. The summed E-state index contributed by atoms with van der Waals surface area (Å²) < 4.78 is 11.2. The zero-order valence-corrected chi connectivity index (χ0v) is 16.7. The van der Waals surface area contributed by atoms with Gasteiger partial charge in [-0.1, -0.05) is 23.7 Å². The Hall–Kier alpha value is -2.20. The Kier molecular flexibility index (Phi) is 6.92. The van der Waals surface area contributed by atoms with Crippen molar-refractivity contribution in [3.05, 3.63) is 58.1 Å². The largest absolute Gasteiger partial charge is 0.494 e. The Balaban J connectivity index is 1.97. The predicted octanol–water partition coefficient (Wildman–Crippen LogP) is 5.00. The van der Waals surface area contributed by atoms with Crippen molar-refractivity contribution in [2.45, 2.75) is 46.8 Å². The molecule has 0 aliphatic carbocycles. The summed E-state index contributed by atoms with van der Waals surface area (Å²) in [7, 11) is 0. The summed E-state index contributed by atoms with van der Waals surface area (Å²) in [5.74, 6) is 1.29. The van der Waals surface area contributed by atoms with Crippen molar-refractivity contribution in [3.63, 3.8) is 0 Å². The summed E-state index contributed by atoms with van der Waals surface area (Å²) >= 11 is 6.17. The summed E-state index contributed by atoms with van der Waals surface area (Å²) in [6.07, 6.45) is -0.611. The van der Waals surface area contributed by atoms with Gasteiger partial charge in [0, 0.05) is 5.02 Å². The smallest absolute Gasteiger partial charge is 0.261 e. The van der Waals surface area contributed by atoms with Gasteiger partial charge < -0.3 is 14.8 Å². The number of hydrogen-bond acceptors (Lipinski definition) is 3. The van der Waals surface area contributed by atoms with Crippen molar-refractivity contribution >= 4 is 17.5 Å². The standard InChI is InChI=1S/C21H26ClNO3/c1-6-25-18-9-7-17(8-10-18)15(4)23-21(24)16(5)26-19-11-13(2)20(22)14(3)12-19/h7-12,15-16H,6H2,1-5H3,(H,23,24)/t15-,16-/m0/s1. The molecule has 0 radical (unpaired) electrons. The Morgan fingerprint density at radius 2 is 1.65 bits per heavy atom. The molecule has 0 fully saturated rings. The molecule has 4 nitrogen and oxygen atoms in total. The van der Waals surface area contributed by atoms with Gasteiger partial charge in [-0.3, -0.25) is 4.79 Å². The summed E-state index contributed by atoms with van der Waals surface area (Å²) in [4.78, 5) is 12.5. The molecule has 0 aliphatic rings. The minimum absolute atomic E-state index is 0.127. The van der Waals surface area contributed by atoms with E-state index in [-0.39, 0.29) is 11.9 Å². The maximum absolute atomic E-state index is 12.5. The van der Waals surface area contributed by atoms with Crippen LogP contribution >= 0.6 is 11.6 Å². The van der Waals surface area contributed by atoms with Gasteiger partial charge in [0.1, 0.15) is 11.5 Å². The maximum Gasteiger partial charge on any atom is 0.261 e. The third-order valence-corrected chi connectivity index (χ3v) is 4.74. The summed E-state index contributed by atoms with van der Waals surface area (Å²) in [6.45, 7) is 10.1. The molecule has 0 saturated carbocycles. The molecular formula is C21H26ClNO3. The molecule has 0 aliphatic heterocycles. The fraction of sp³-hybridized carbons (Fsp3) is 0.381. The van der Waals surface area contributed by atoms with Crippen LogP contribution in [0.25, 0.3) is 0 Å². The van der Waals surface area contributed by atoms with Gasteiger partial charge in [0.2, 0.25) is 0 Å². The first-order valence-corrected chi connectivity index (χ1v) is 9.16. The summed E-state index contributed by atoms with van der Waals surface area (Å²) in [6, 6.07) is 11.3. The first kappa shape index (κ1) is 20.1. The van der Waals surface area contributed by atoms with E-state index >= 15 is 0 Å². The van der Waals surface area contributed by atoms with Crippen LogP contribution in [0.2, 0.25) is 5.02 Å². The number of aryl methyl sites for hydroxylation is 2. The monoisotopic (exact) mass is 375 g/mol. The predicted molar refractivity (Wildman–Crippen MR) is 105 cm³/mol. The number of hydrogen-bond donors (Lipinski definition) is 1. The second kappa shape index (κ2) is 8.95. The molecule has 0 saturated heterocycles. The number of benzene rings is 2. The molecule has 0 spiro atoms. The van der Waals surface area contributed by atoms with E-state index in [0.29, 0.717) is 12.4 Å². The Morgan fingerprint density at radius 3 is 2.19 bits per heavy atom. The average Bonchev–Trinajstić information content (AvgIpc) is 2.60. The number of carbonyl (C=O) groups is 1. The minimum Gasteiger partial charge on any atom is -0.494 e. The van der Waals surface area contributed by atoms with Gasteiger partial charge in [-0.2, -0.15) is 0 Å². The zero-order valence-electron chi connectivity index (χ0n) is 15.9. The lowest BCUT2D eigenvalue weighted by Gasteiger charge is -2.20. The van der Waals surface area contributed by atoms with Gasteiger partial charge in [0.05, 0.1) is 12.6 Å². The van der Waals surface area contributed by atoms with E-state index in [1.54, 1.807) is 6.92 Å². The van der Waals surface area contributed by atoms with Gasteiger partial charge in [-0.05, 0) is 75.6 Å². The normalized spacial score (nSPS) is 13.0. The van der Waals surface area contributed by atoms with E-state index in [1.165, 1.54) is 0 Å². The molecule has 0 heterocycles. The first-order valence-electron chi connectivity index (χ1n) is 8.78. The molecule has 1 amide bonds. The molecule has 2 rings (SSSR count). The SMILES string of the molecule is CCOc1ccc([C@H](C)NC(=O)[C@H](C)Oc2cc(C)c(Cl)c(C)c2)cc1. The van der Waals surface area contributed by atoms with Crippen molar-refractivity contribution in [1.82, 2.24) is 5.32 Å². The highest BCUT2D eigenvalue weighted by molar-refractivity contribution is 6.32. The highest BCUT2D eigenvalue weighted by atomic mass is 35.5. The number of nitrogens with one attached hydrogen (secondary N) is 1. The van der Waals surface area contributed by atoms with Crippen LogP contribution in [-0.4, -0.2) is 18.6 Å². The number of rotatable bonds is 7.